The van der Waals surface area contributed by atoms with Gasteiger partial charge in [-0.05, 0) is 23.3 Å². The summed E-state index contributed by atoms with van der Waals surface area (Å²) in [5.74, 6) is 0.742. The fourth-order valence-corrected chi connectivity index (χ4v) is 4.08. The number of halogens is 1. The predicted octanol–water partition coefficient (Wildman–Crippen LogP) is 5.90. The summed E-state index contributed by atoms with van der Waals surface area (Å²) in [6.07, 6.45) is 0. The van der Waals surface area contributed by atoms with E-state index in [4.69, 9.17) is 16.6 Å². The summed E-state index contributed by atoms with van der Waals surface area (Å²) < 4.78 is 1.73. The topological polar surface area (TPSA) is 34.9 Å². The molecule has 3 nitrogen and oxygen atoms in total. The second-order valence-corrected chi connectivity index (χ2v) is 7.99. The van der Waals surface area contributed by atoms with Crippen LogP contribution in [0.4, 0.5) is 0 Å². The van der Waals surface area contributed by atoms with E-state index in [-0.39, 0.29) is 5.56 Å². The molecule has 3 aromatic carbocycles. The van der Waals surface area contributed by atoms with E-state index < -0.39 is 0 Å². The second-order valence-electron chi connectivity index (χ2n) is 6.62. The van der Waals surface area contributed by atoms with Crippen LogP contribution in [0.5, 0.6) is 0 Å². The Bertz CT molecular complexity index is 1140. The summed E-state index contributed by atoms with van der Waals surface area (Å²) in [7, 11) is 0. The van der Waals surface area contributed by atoms with Gasteiger partial charge in [0.05, 0.1) is 12.2 Å². The van der Waals surface area contributed by atoms with Gasteiger partial charge < -0.3 is 0 Å². The Morgan fingerprint density at radius 1 is 0.828 bits per heavy atom. The molecular weight excluding hydrogens is 400 g/mol. The zero-order chi connectivity index (χ0) is 20.1. The lowest BCUT2D eigenvalue weighted by Gasteiger charge is -2.14. The molecule has 29 heavy (non-hydrogen) atoms. The van der Waals surface area contributed by atoms with E-state index >= 15 is 0 Å². The van der Waals surface area contributed by atoms with Gasteiger partial charge in [-0.3, -0.25) is 9.36 Å². The van der Waals surface area contributed by atoms with Gasteiger partial charge in [-0.1, -0.05) is 96.2 Å². The van der Waals surface area contributed by atoms with Gasteiger partial charge in [-0.2, -0.15) is 0 Å². The fraction of sp³-hybridized carbons (Fsp3) is 0.0833. The van der Waals surface area contributed by atoms with Gasteiger partial charge in [0.1, 0.15) is 0 Å². The average molecular weight is 419 g/mol. The smallest absolute Gasteiger partial charge is 0.255 e. The van der Waals surface area contributed by atoms with Gasteiger partial charge in [0.15, 0.2) is 5.16 Å². The molecule has 0 saturated heterocycles. The first-order valence-corrected chi connectivity index (χ1v) is 10.6. The second kappa shape index (κ2) is 9.12. The highest BCUT2D eigenvalue weighted by atomic mass is 35.5. The van der Waals surface area contributed by atoms with E-state index in [0.29, 0.717) is 22.4 Å². The van der Waals surface area contributed by atoms with Crippen LogP contribution in [0.3, 0.4) is 0 Å². The molecule has 0 unspecified atom stereocenters. The number of benzene rings is 3. The molecule has 144 valence electrons. The van der Waals surface area contributed by atoms with Crippen LogP contribution >= 0.6 is 23.4 Å². The SMILES string of the molecule is O=c1cc(-c2ccccc2)nc(SCc2ccccc2)n1Cc1ccc(Cl)cc1. The van der Waals surface area contributed by atoms with Gasteiger partial charge in [0.25, 0.3) is 5.56 Å². The van der Waals surface area contributed by atoms with E-state index in [2.05, 4.69) is 12.1 Å². The Balaban J connectivity index is 1.71. The van der Waals surface area contributed by atoms with Crippen molar-refractivity contribution in [2.45, 2.75) is 17.5 Å². The summed E-state index contributed by atoms with van der Waals surface area (Å²) in [5.41, 5.74) is 3.76. The van der Waals surface area contributed by atoms with E-state index in [1.807, 2.05) is 72.8 Å². The van der Waals surface area contributed by atoms with Crippen molar-refractivity contribution in [1.82, 2.24) is 9.55 Å². The Morgan fingerprint density at radius 2 is 1.48 bits per heavy atom. The normalized spacial score (nSPS) is 10.8. The molecular formula is C24H19ClN2OS. The standard InChI is InChI=1S/C24H19ClN2OS/c25-21-13-11-18(12-14-21)16-27-23(28)15-22(20-9-5-2-6-10-20)26-24(27)29-17-19-7-3-1-4-8-19/h1-15H,16-17H2. The lowest BCUT2D eigenvalue weighted by atomic mass is 10.1. The van der Waals surface area contributed by atoms with Gasteiger partial charge in [0.2, 0.25) is 0 Å². The molecule has 0 atom stereocenters. The van der Waals surface area contributed by atoms with E-state index in [1.165, 1.54) is 5.56 Å². The maximum Gasteiger partial charge on any atom is 0.255 e. The van der Waals surface area contributed by atoms with Crippen LogP contribution in [0.15, 0.2) is 101 Å². The van der Waals surface area contributed by atoms with Crippen LogP contribution in [0.2, 0.25) is 5.02 Å². The molecule has 5 heteroatoms. The number of thioether (sulfide) groups is 1. The number of nitrogens with zero attached hydrogens (tertiary/aromatic N) is 2. The Labute approximate surface area is 179 Å². The number of hydrogen-bond acceptors (Lipinski definition) is 3. The van der Waals surface area contributed by atoms with Crippen molar-refractivity contribution < 1.29 is 0 Å². The summed E-state index contributed by atoms with van der Waals surface area (Å²) in [6, 6.07) is 29.1. The first kappa shape index (κ1) is 19.5. The summed E-state index contributed by atoms with van der Waals surface area (Å²) in [4.78, 5) is 17.8. The first-order chi connectivity index (χ1) is 14.2. The van der Waals surface area contributed by atoms with Gasteiger partial charge >= 0.3 is 0 Å². The molecule has 1 aromatic heterocycles. The highest BCUT2D eigenvalue weighted by Crippen LogP contribution is 2.24. The highest BCUT2D eigenvalue weighted by Gasteiger charge is 2.12. The Morgan fingerprint density at radius 3 is 2.17 bits per heavy atom. The zero-order valence-corrected chi connectivity index (χ0v) is 17.2. The highest BCUT2D eigenvalue weighted by molar-refractivity contribution is 7.98. The summed E-state index contributed by atoms with van der Waals surface area (Å²) in [6.45, 7) is 0.454. The third-order valence-corrected chi connectivity index (χ3v) is 5.81. The van der Waals surface area contributed by atoms with Crippen LogP contribution in [-0.4, -0.2) is 9.55 Å². The van der Waals surface area contributed by atoms with Crippen LogP contribution in [0.1, 0.15) is 11.1 Å². The molecule has 0 amide bonds. The molecule has 0 bridgehead atoms. The molecule has 4 aromatic rings. The molecule has 0 aliphatic carbocycles. The van der Waals surface area contributed by atoms with Crippen LogP contribution in [0.25, 0.3) is 11.3 Å². The van der Waals surface area contributed by atoms with Crippen LogP contribution in [-0.2, 0) is 12.3 Å². The Kier molecular flexibility index (Phi) is 6.13. The van der Waals surface area contributed by atoms with Crippen LogP contribution < -0.4 is 5.56 Å². The summed E-state index contributed by atoms with van der Waals surface area (Å²) >= 11 is 7.57. The maximum atomic E-state index is 13.0. The van der Waals surface area contributed by atoms with Crippen molar-refractivity contribution in [3.8, 4) is 11.3 Å². The van der Waals surface area contributed by atoms with Gasteiger partial charge in [-0.15, -0.1) is 0 Å². The largest absolute Gasteiger partial charge is 0.283 e. The molecule has 4 rings (SSSR count). The third kappa shape index (κ3) is 4.97. The molecule has 0 spiro atoms. The predicted molar refractivity (Wildman–Crippen MR) is 120 cm³/mol. The minimum absolute atomic E-state index is 0.0654. The monoisotopic (exact) mass is 418 g/mol. The third-order valence-electron chi connectivity index (χ3n) is 4.51. The number of aromatic nitrogens is 2. The quantitative estimate of drug-likeness (QED) is 0.288. The molecule has 0 fully saturated rings. The Hall–Kier alpha value is -2.82. The van der Waals surface area contributed by atoms with Crippen molar-refractivity contribution in [2.24, 2.45) is 0 Å². The van der Waals surface area contributed by atoms with E-state index in [0.717, 1.165) is 16.9 Å². The molecule has 0 N–H and O–H groups in total. The van der Waals surface area contributed by atoms with Crippen molar-refractivity contribution in [3.63, 3.8) is 0 Å². The molecule has 0 aliphatic heterocycles. The van der Waals surface area contributed by atoms with E-state index in [9.17, 15) is 4.79 Å². The van der Waals surface area contributed by atoms with Crippen molar-refractivity contribution in [3.05, 3.63) is 117 Å². The molecule has 0 aliphatic rings. The molecule has 0 saturated carbocycles. The minimum Gasteiger partial charge on any atom is -0.283 e. The van der Waals surface area contributed by atoms with E-state index in [1.54, 1.807) is 22.4 Å². The van der Waals surface area contributed by atoms with Crippen LogP contribution in [0, 0.1) is 0 Å². The molecule has 1 heterocycles. The van der Waals surface area contributed by atoms with Crippen molar-refractivity contribution in [1.29, 1.82) is 0 Å². The number of hydrogen-bond donors (Lipinski definition) is 0. The van der Waals surface area contributed by atoms with Gasteiger partial charge in [-0.25, -0.2) is 4.98 Å². The molecule has 0 radical (unpaired) electrons. The lowest BCUT2D eigenvalue weighted by Crippen LogP contribution is -2.23. The summed E-state index contributed by atoms with van der Waals surface area (Å²) in [5, 5.41) is 1.38. The lowest BCUT2D eigenvalue weighted by molar-refractivity contribution is 0.647. The van der Waals surface area contributed by atoms with Crippen molar-refractivity contribution in [2.75, 3.05) is 0 Å². The maximum absolute atomic E-state index is 13.0. The fourth-order valence-electron chi connectivity index (χ4n) is 2.99. The van der Waals surface area contributed by atoms with Crippen molar-refractivity contribution >= 4 is 23.4 Å². The number of rotatable bonds is 6. The average Bonchev–Trinajstić information content (AvgIpc) is 2.76. The first-order valence-electron chi connectivity index (χ1n) is 9.27. The zero-order valence-electron chi connectivity index (χ0n) is 15.7. The van der Waals surface area contributed by atoms with Gasteiger partial charge in [0, 0.05) is 22.4 Å². The minimum atomic E-state index is -0.0654.